The average Bonchev–Trinajstić information content (AvgIpc) is 2.55. The van der Waals surface area contributed by atoms with Crippen molar-refractivity contribution < 1.29 is 27.8 Å². The predicted octanol–water partition coefficient (Wildman–Crippen LogP) is 5.31. The smallest absolute Gasteiger partial charge is 0.421 e. The van der Waals surface area contributed by atoms with Crippen LogP contribution in [-0.2, 0) is 22.2 Å². The summed E-state index contributed by atoms with van der Waals surface area (Å²) in [5.41, 5.74) is -2.77. The molecule has 1 aliphatic carbocycles. The van der Waals surface area contributed by atoms with Crippen LogP contribution in [0.5, 0.6) is 0 Å². The molecule has 1 aromatic rings. The van der Waals surface area contributed by atoms with Gasteiger partial charge in [0.1, 0.15) is 5.60 Å². The topological polar surface area (TPSA) is 49.8 Å². The van der Waals surface area contributed by atoms with Crippen molar-refractivity contribution in [1.29, 1.82) is 0 Å². The van der Waals surface area contributed by atoms with Crippen molar-refractivity contribution in [3.8, 4) is 0 Å². The van der Waals surface area contributed by atoms with Crippen LogP contribution >= 0.6 is 0 Å². The van der Waals surface area contributed by atoms with E-state index in [4.69, 9.17) is 4.74 Å². The minimum Gasteiger partial charge on any atom is -0.444 e. The monoisotopic (exact) mass is 427 g/mol. The van der Waals surface area contributed by atoms with E-state index in [0.717, 1.165) is 18.1 Å². The van der Waals surface area contributed by atoms with Gasteiger partial charge in [-0.2, -0.15) is 13.2 Å². The van der Waals surface area contributed by atoms with Crippen LogP contribution in [0.2, 0.25) is 0 Å². The van der Waals surface area contributed by atoms with E-state index in [1.807, 2.05) is 20.8 Å². The maximum Gasteiger partial charge on any atom is 0.421 e. The molecule has 1 heterocycles. The van der Waals surface area contributed by atoms with Gasteiger partial charge in [0.2, 0.25) is 0 Å². The molecule has 1 aromatic carbocycles. The van der Waals surface area contributed by atoms with Gasteiger partial charge in [0.25, 0.3) is 0 Å². The maximum atomic E-state index is 13.4. The lowest BCUT2D eigenvalue weighted by Crippen LogP contribution is -2.65. The van der Waals surface area contributed by atoms with Gasteiger partial charge in [-0.1, -0.05) is 39.0 Å². The average molecular weight is 428 g/mol. The van der Waals surface area contributed by atoms with Gasteiger partial charge in [0.15, 0.2) is 5.60 Å². The fourth-order valence-electron chi connectivity index (χ4n) is 4.91. The van der Waals surface area contributed by atoms with Crippen LogP contribution in [0.1, 0.15) is 71.6 Å². The zero-order valence-electron chi connectivity index (χ0n) is 18.8. The summed E-state index contributed by atoms with van der Waals surface area (Å²) in [6.45, 7) is 12.9. The van der Waals surface area contributed by atoms with E-state index in [1.54, 1.807) is 11.0 Å². The number of ether oxygens (including phenoxy) is 1. The Bertz CT molecular complexity index is 854. The molecule has 3 rings (SSSR count). The Kier molecular flexibility index (Phi) is 5.05. The van der Waals surface area contributed by atoms with E-state index in [2.05, 4.69) is 20.8 Å². The van der Waals surface area contributed by atoms with Crippen LogP contribution < -0.4 is 0 Å². The largest absolute Gasteiger partial charge is 0.444 e. The van der Waals surface area contributed by atoms with Crippen LogP contribution in [0, 0.1) is 5.41 Å². The highest BCUT2D eigenvalue weighted by atomic mass is 19.4. The van der Waals surface area contributed by atoms with Crippen molar-refractivity contribution >= 4 is 6.09 Å². The Morgan fingerprint density at radius 3 is 2.30 bits per heavy atom. The van der Waals surface area contributed by atoms with Crippen molar-refractivity contribution in [3.05, 3.63) is 34.9 Å². The molecule has 0 saturated carbocycles. The molecule has 0 spiro atoms. The molecule has 1 unspecified atom stereocenters. The second kappa shape index (κ2) is 6.62. The standard InChI is InChI=1S/C23H32F3NO3/c1-19(2,3)30-18(28)27-11-10-21(6)16-13-15(22(7,29)23(24,25)26)9-8-14(16)12-17(27)20(21,4)5/h8-9,13,17,29H,10-12H2,1-7H3/t17-,21-,22?/m0/s1. The Balaban J connectivity index is 2.05. The number of halogens is 3. The fourth-order valence-corrected chi connectivity index (χ4v) is 4.91. The Hall–Kier alpha value is -1.76. The summed E-state index contributed by atoms with van der Waals surface area (Å²) in [4.78, 5) is 14.6. The molecule has 0 radical (unpaired) electrons. The van der Waals surface area contributed by atoms with E-state index in [9.17, 15) is 23.1 Å². The third kappa shape index (κ3) is 3.39. The van der Waals surface area contributed by atoms with Crippen LogP contribution in [-0.4, -0.2) is 40.5 Å². The molecule has 1 aliphatic heterocycles. The summed E-state index contributed by atoms with van der Waals surface area (Å²) in [5.74, 6) is 0. The van der Waals surface area contributed by atoms with Gasteiger partial charge in [0, 0.05) is 18.0 Å². The molecule has 2 bridgehead atoms. The molecule has 1 amide bonds. The zero-order valence-corrected chi connectivity index (χ0v) is 18.8. The Morgan fingerprint density at radius 2 is 1.77 bits per heavy atom. The molecule has 3 atom stereocenters. The molecule has 4 nitrogen and oxygen atoms in total. The van der Waals surface area contributed by atoms with Crippen molar-refractivity contribution in [1.82, 2.24) is 4.90 Å². The third-order valence-electron chi connectivity index (χ3n) is 7.34. The van der Waals surface area contributed by atoms with E-state index in [1.165, 1.54) is 12.1 Å². The van der Waals surface area contributed by atoms with Crippen LogP contribution in [0.25, 0.3) is 0 Å². The third-order valence-corrected chi connectivity index (χ3v) is 7.34. The summed E-state index contributed by atoms with van der Waals surface area (Å²) < 4.78 is 45.9. The number of fused-ring (bicyclic) bond motifs is 4. The fraction of sp³-hybridized carbons (Fsp3) is 0.696. The number of nitrogens with zero attached hydrogens (tertiary/aromatic N) is 1. The molecule has 1 saturated heterocycles. The lowest BCUT2D eigenvalue weighted by Gasteiger charge is -2.60. The van der Waals surface area contributed by atoms with E-state index in [0.29, 0.717) is 19.4 Å². The lowest BCUT2D eigenvalue weighted by atomic mass is 9.51. The quantitative estimate of drug-likeness (QED) is 0.661. The first kappa shape index (κ1) is 22.9. The first-order chi connectivity index (χ1) is 13.4. The number of benzene rings is 1. The number of alkyl halides is 3. The molecular formula is C23H32F3NO3. The predicted molar refractivity (Wildman–Crippen MR) is 108 cm³/mol. The number of rotatable bonds is 1. The maximum absolute atomic E-state index is 13.4. The second-order valence-electron chi connectivity index (χ2n) is 10.6. The molecule has 30 heavy (non-hydrogen) atoms. The molecule has 7 heteroatoms. The molecule has 168 valence electrons. The van der Waals surface area contributed by atoms with Gasteiger partial charge in [-0.05, 0) is 62.6 Å². The highest BCUT2D eigenvalue weighted by Crippen LogP contribution is 2.57. The SMILES string of the molecule is CC(C)(C)OC(=O)N1CC[C@@]2(C)c3cc(C(C)(O)C(F)(F)F)ccc3C[C@H]1C2(C)C. The molecular weight excluding hydrogens is 395 g/mol. The molecule has 2 aliphatic rings. The first-order valence-electron chi connectivity index (χ1n) is 10.3. The summed E-state index contributed by atoms with van der Waals surface area (Å²) in [6.07, 6.45) is -4.00. The normalized spacial score (nSPS) is 27.8. The zero-order chi connectivity index (χ0) is 22.9. The molecule has 1 fully saturated rings. The number of likely N-dealkylation sites (tertiary alicyclic amines) is 1. The van der Waals surface area contributed by atoms with Gasteiger partial charge in [-0.15, -0.1) is 0 Å². The van der Waals surface area contributed by atoms with Gasteiger partial charge < -0.3 is 14.7 Å². The first-order valence-corrected chi connectivity index (χ1v) is 10.3. The Labute approximate surface area is 176 Å². The second-order valence-corrected chi connectivity index (χ2v) is 10.6. The minimum absolute atomic E-state index is 0.132. The van der Waals surface area contributed by atoms with Crippen molar-refractivity contribution in [2.24, 2.45) is 5.41 Å². The molecule has 0 aromatic heterocycles. The summed E-state index contributed by atoms with van der Waals surface area (Å²) >= 11 is 0. The number of aliphatic hydroxyl groups is 1. The van der Waals surface area contributed by atoms with E-state index in [-0.39, 0.29) is 17.7 Å². The number of amides is 1. The number of hydrogen-bond acceptors (Lipinski definition) is 3. The summed E-state index contributed by atoms with van der Waals surface area (Å²) in [7, 11) is 0. The number of carbonyl (C=O) groups excluding carboxylic acids is 1. The highest BCUT2D eigenvalue weighted by molar-refractivity contribution is 5.69. The van der Waals surface area contributed by atoms with Gasteiger partial charge in [-0.25, -0.2) is 4.79 Å². The van der Waals surface area contributed by atoms with Crippen LogP contribution in [0.4, 0.5) is 18.0 Å². The van der Waals surface area contributed by atoms with Gasteiger partial charge in [0.05, 0.1) is 0 Å². The van der Waals surface area contributed by atoms with Crippen molar-refractivity contribution in [3.63, 3.8) is 0 Å². The summed E-state index contributed by atoms with van der Waals surface area (Å²) in [6, 6.07) is 4.41. The molecule has 1 N–H and O–H groups in total. The van der Waals surface area contributed by atoms with Crippen molar-refractivity contribution in [2.45, 2.75) is 90.1 Å². The van der Waals surface area contributed by atoms with Crippen molar-refractivity contribution in [2.75, 3.05) is 6.54 Å². The number of carbonyl (C=O) groups is 1. The van der Waals surface area contributed by atoms with Crippen LogP contribution in [0.15, 0.2) is 18.2 Å². The van der Waals surface area contributed by atoms with Crippen LogP contribution in [0.3, 0.4) is 0 Å². The minimum atomic E-state index is -4.77. The number of hydrogen-bond donors (Lipinski definition) is 1. The number of piperidine rings is 1. The van der Waals surface area contributed by atoms with E-state index < -0.39 is 28.2 Å². The Morgan fingerprint density at radius 1 is 1.17 bits per heavy atom. The highest BCUT2D eigenvalue weighted by Gasteiger charge is 2.58. The van der Waals surface area contributed by atoms with Gasteiger partial charge in [-0.3, -0.25) is 0 Å². The lowest BCUT2D eigenvalue weighted by molar-refractivity contribution is -0.258. The van der Waals surface area contributed by atoms with E-state index >= 15 is 0 Å². The van der Waals surface area contributed by atoms with Gasteiger partial charge >= 0.3 is 12.3 Å². The summed E-state index contributed by atoms with van der Waals surface area (Å²) in [5, 5.41) is 10.2.